The van der Waals surface area contributed by atoms with E-state index in [-0.39, 0.29) is 11.8 Å². The summed E-state index contributed by atoms with van der Waals surface area (Å²) in [6.07, 6.45) is 8.14. The van der Waals surface area contributed by atoms with Crippen molar-refractivity contribution in [1.29, 1.82) is 0 Å². The maximum Gasteiger partial charge on any atom is 0.253 e. The second-order valence-corrected chi connectivity index (χ2v) is 7.90. The number of thiophene rings is 1. The van der Waals surface area contributed by atoms with E-state index in [1.54, 1.807) is 6.20 Å². The molecule has 3 heterocycles. The summed E-state index contributed by atoms with van der Waals surface area (Å²) >= 11 is 7.43. The van der Waals surface area contributed by atoms with Gasteiger partial charge in [0.1, 0.15) is 0 Å². The Morgan fingerprint density at radius 3 is 2.96 bits per heavy atom. The van der Waals surface area contributed by atoms with Crippen molar-refractivity contribution < 1.29 is 9.59 Å². The van der Waals surface area contributed by atoms with Crippen LogP contribution in [0.2, 0.25) is 4.34 Å². The number of amides is 2. The lowest BCUT2D eigenvalue weighted by Crippen LogP contribution is -2.34. The zero-order valence-electron chi connectivity index (χ0n) is 14.0. The monoisotopic (exact) mass is 379 g/mol. The topological polar surface area (TPSA) is 65.2 Å². The summed E-state index contributed by atoms with van der Waals surface area (Å²) in [4.78, 5) is 30.3. The molecule has 0 aliphatic carbocycles. The molecule has 0 aromatic carbocycles. The van der Waals surface area contributed by atoms with Crippen molar-refractivity contribution in [3.63, 3.8) is 0 Å². The van der Waals surface area contributed by atoms with Crippen LogP contribution in [0.4, 0.5) is 0 Å². The van der Waals surface area contributed by atoms with Gasteiger partial charge in [-0.05, 0) is 31.4 Å². The molecule has 1 aliphatic heterocycles. The fourth-order valence-corrected chi connectivity index (χ4v) is 4.13. The number of nitrogens with zero attached hydrogens (tertiary/aromatic N) is 1. The van der Waals surface area contributed by atoms with E-state index >= 15 is 0 Å². The number of nitrogens with one attached hydrogen (secondary N) is 2. The second-order valence-electron chi connectivity index (χ2n) is 6.19. The molecule has 1 fully saturated rings. The standard InChI is InChI=1S/C18H22ClN3O2S/c19-16-7-6-15(25-16)13-11-20-12-14(13)18(24)21-8-4-10-22-9-3-1-2-5-17(22)23/h6-7,11-12,20H,1-5,8-10H2,(H,21,24). The van der Waals surface area contributed by atoms with Crippen molar-refractivity contribution in [2.75, 3.05) is 19.6 Å². The van der Waals surface area contributed by atoms with Gasteiger partial charge in [0.15, 0.2) is 0 Å². The van der Waals surface area contributed by atoms with Gasteiger partial charge in [-0.1, -0.05) is 18.0 Å². The van der Waals surface area contributed by atoms with Gasteiger partial charge >= 0.3 is 0 Å². The zero-order valence-corrected chi connectivity index (χ0v) is 15.6. The molecule has 7 heteroatoms. The Labute approximate surface area is 156 Å². The molecule has 5 nitrogen and oxygen atoms in total. The van der Waals surface area contributed by atoms with Crippen LogP contribution in [0.15, 0.2) is 24.5 Å². The Morgan fingerprint density at radius 2 is 2.16 bits per heavy atom. The molecule has 1 saturated heterocycles. The zero-order chi connectivity index (χ0) is 17.6. The number of carbonyl (C=O) groups is 2. The predicted octanol–water partition coefficient (Wildman–Crippen LogP) is 3.92. The first kappa shape index (κ1) is 18.0. The highest BCUT2D eigenvalue weighted by Gasteiger charge is 2.17. The van der Waals surface area contributed by atoms with Gasteiger partial charge < -0.3 is 15.2 Å². The molecule has 134 valence electrons. The van der Waals surface area contributed by atoms with Crippen LogP contribution in [0.1, 0.15) is 42.5 Å². The second kappa shape index (κ2) is 8.54. The van der Waals surface area contributed by atoms with Crippen LogP contribution in [0.25, 0.3) is 10.4 Å². The number of aromatic amines is 1. The van der Waals surface area contributed by atoms with Crippen LogP contribution in [-0.2, 0) is 4.79 Å². The minimum absolute atomic E-state index is 0.108. The van der Waals surface area contributed by atoms with Crippen LogP contribution in [0, 0.1) is 0 Å². The summed E-state index contributed by atoms with van der Waals surface area (Å²) in [5.74, 6) is 0.134. The summed E-state index contributed by atoms with van der Waals surface area (Å²) in [6, 6.07) is 3.74. The lowest BCUT2D eigenvalue weighted by atomic mass is 10.1. The largest absolute Gasteiger partial charge is 0.366 e. The van der Waals surface area contributed by atoms with Crippen LogP contribution in [0.3, 0.4) is 0 Å². The molecule has 2 amide bonds. The van der Waals surface area contributed by atoms with Crippen LogP contribution in [0.5, 0.6) is 0 Å². The molecule has 1 aliphatic rings. The fourth-order valence-electron chi connectivity index (χ4n) is 3.06. The summed E-state index contributed by atoms with van der Waals surface area (Å²) < 4.78 is 0.699. The molecule has 2 N–H and O–H groups in total. The van der Waals surface area contributed by atoms with E-state index in [1.165, 1.54) is 11.3 Å². The number of hydrogen-bond acceptors (Lipinski definition) is 3. The Balaban J connectivity index is 1.50. The van der Waals surface area contributed by atoms with E-state index in [0.29, 0.717) is 29.4 Å². The summed E-state index contributed by atoms with van der Waals surface area (Å²) in [6.45, 7) is 2.10. The van der Waals surface area contributed by atoms with Crippen LogP contribution < -0.4 is 5.32 Å². The van der Waals surface area contributed by atoms with Gasteiger partial charge in [0.25, 0.3) is 5.91 Å². The molecule has 0 unspecified atom stereocenters. The number of carbonyl (C=O) groups excluding carboxylic acids is 2. The fraction of sp³-hybridized carbons (Fsp3) is 0.444. The maximum absolute atomic E-state index is 12.4. The number of likely N-dealkylation sites (tertiary alicyclic amines) is 1. The number of aromatic nitrogens is 1. The molecule has 2 aromatic rings. The van der Waals surface area contributed by atoms with E-state index in [0.717, 1.165) is 42.7 Å². The Bertz CT molecular complexity index is 740. The lowest BCUT2D eigenvalue weighted by Gasteiger charge is -2.20. The highest BCUT2D eigenvalue weighted by molar-refractivity contribution is 7.19. The van der Waals surface area contributed by atoms with Crippen molar-refractivity contribution >= 4 is 34.8 Å². The smallest absolute Gasteiger partial charge is 0.253 e. The lowest BCUT2D eigenvalue weighted by molar-refractivity contribution is -0.130. The van der Waals surface area contributed by atoms with Gasteiger partial charge in [-0.15, -0.1) is 11.3 Å². The minimum atomic E-state index is -0.108. The van der Waals surface area contributed by atoms with E-state index in [9.17, 15) is 9.59 Å². The van der Waals surface area contributed by atoms with E-state index in [2.05, 4.69) is 10.3 Å². The number of halogens is 1. The highest BCUT2D eigenvalue weighted by Crippen LogP contribution is 2.33. The molecule has 0 spiro atoms. The summed E-state index contributed by atoms with van der Waals surface area (Å²) in [5.41, 5.74) is 1.47. The van der Waals surface area contributed by atoms with Crippen molar-refractivity contribution in [3.05, 3.63) is 34.4 Å². The average Bonchev–Trinajstić information content (AvgIpc) is 3.19. The third kappa shape index (κ3) is 4.64. The molecule has 25 heavy (non-hydrogen) atoms. The van der Waals surface area contributed by atoms with Crippen molar-refractivity contribution in [1.82, 2.24) is 15.2 Å². The molecule has 3 rings (SSSR count). The van der Waals surface area contributed by atoms with Gasteiger partial charge in [0.05, 0.1) is 9.90 Å². The molecule has 0 radical (unpaired) electrons. The van der Waals surface area contributed by atoms with Crippen LogP contribution in [-0.4, -0.2) is 41.3 Å². The number of H-pyrrole nitrogens is 1. The summed E-state index contributed by atoms with van der Waals surface area (Å²) in [5, 5.41) is 2.95. The quantitative estimate of drug-likeness (QED) is 0.747. The molecule has 2 aromatic heterocycles. The SMILES string of the molecule is O=C(NCCCN1CCCCCC1=O)c1c[nH]cc1-c1ccc(Cl)s1. The molecular formula is C18H22ClN3O2S. The Kier molecular flexibility index (Phi) is 6.15. The first-order valence-electron chi connectivity index (χ1n) is 8.63. The van der Waals surface area contributed by atoms with Gasteiger partial charge in [0.2, 0.25) is 5.91 Å². The summed E-state index contributed by atoms with van der Waals surface area (Å²) in [7, 11) is 0. The first-order chi connectivity index (χ1) is 12.1. The van der Waals surface area contributed by atoms with Crippen LogP contribution >= 0.6 is 22.9 Å². The van der Waals surface area contributed by atoms with Crippen molar-refractivity contribution in [3.8, 4) is 10.4 Å². The third-order valence-electron chi connectivity index (χ3n) is 4.39. The molecule has 0 atom stereocenters. The van der Waals surface area contributed by atoms with E-state index < -0.39 is 0 Å². The average molecular weight is 380 g/mol. The Hall–Kier alpha value is -1.79. The molecular weight excluding hydrogens is 358 g/mol. The maximum atomic E-state index is 12.4. The highest BCUT2D eigenvalue weighted by atomic mass is 35.5. The number of rotatable bonds is 6. The first-order valence-corrected chi connectivity index (χ1v) is 9.83. The van der Waals surface area contributed by atoms with Gasteiger partial charge in [-0.2, -0.15) is 0 Å². The molecule has 0 bridgehead atoms. The van der Waals surface area contributed by atoms with E-state index in [1.807, 2.05) is 23.2 Å². The minimum Gasteiger partial charge on any atom is -0.366 e. The van der Waals surface area contributed by atoms with Crippen molar-refractivity contribution in [2.45, 2.75) is 32.1 Å². The van der Waals surface area contributed by atoms with Gasteiger partial charge in [-0.3, -0.25) is 9.59 Å². The third-order valence-corrected chi connectivity index (χ3v) is 5.65. The van der Waals surface area contributed by atoms with E-state index in [4.69, 9.17) is 11.6 Å². The Morgan fingerprint density at radius 1 is 1.28 bits per heavy atom. The van der Waals surface area contributed by atoms with Crippen molar-refractivity contribution in [2.24, 2.45) is 0 Å². The number of hydrogen-bond donors (Lipinski definition) is 2. The molecule has 0 saturated carbocycles. The van der Waals surface area contributed by atoms with Gasteiger partial charge in [0, 0.05) is 48.9 Å². The van der Waals surface area contributed by atoms with Gasteiger partial charge in [-0.25, -0.2) is 0 Å². The normalized spacial score (nSPS) is 15.2. The predicted molar refractivity (Wildman–Crippen MR) is 101 cm³/mol.